The van der Waals surface area contributed by atoms with Crippen molar-refractivity contribution in [3.63, 3.8) is 0 Å². The summed E-state index contributed by atoms with van der Waals surface area (Å²) in [5.41, 5.74) is 3.07. The molecule has 0 saturated heterocycles. The summed E-state index contributed by atoms with van der Waals surface area (Å²) in [5, 5.41) is 7.22. The molecule has 1 unspecified atom stereocenters. The molecule has 0 bridgehead atoms. The van der Waals surface area contributed by atoms with Crippen LogP contribution in [0.4, 0.5) is 0 Å². The molecule has 0 aliphatic carbocycles. The van der Waals surface area contributed by atoms with E-state index < -0.39 is 0 Å². The van der Waals surface area contributed by atoms with Gasteiger partial charge in [-0.05, 0) is 59.6 Å². The third-order valence-electron chi connectivity index (χ3n) is 3.99. The van der Waals surface area contributed by atoms with Gasteiger partial charge < -0.3 is 9.88 Å². The van der Waals surface area contributed by atoms with Crippen LogP contribution in [0, 0.1) is 6.92 Å². The topological polar surface area (TPSA) is 51.9 Å². The van der Waals surface area contributed by atoms with Gasteiger partial charge in [0.1, 0.15) is 6.54 Å². The normalized spacial score (nSPS) is 12.1. The van der Waals surface area contributed by atoms with Crippen molar-refractivity contribution >= 4 is 21.8 Å². The summed E-state index contributed by atoms with van der Waals surface area (Å²) in [5.74, 6) is -0.0624. The van der Waals surface area contributed by atoms with Crippen LogP contribution < -0.4 is 5.32 Å². The molecule has 1 aromatic carbocycles. The quantitative estimate of drug-likeness (QED) is 0.727. The van der Waals surface area contributed by atoms with E-state index in [2.05, 4.69) is 32.4 Å². The molecular weight excluding hydrogens is 368 g/mol. The number of rotatable bonds is 5. The molecule has 0 radical (unpaired) electrons. The van der Waals surface area contributed by atoms with Crippen LogP contribution in [0.3, 0.4) is 0 Å². The SMILES string of the molecule is Cc1c(Br)cnn1CC(=O)NC(C)c1cccc(-n2cccc2)c1. The number of carbonyl (C=O) groups excluding carboxylic acids is 1. The first-order valence-corrected chi connectivity index (χ1v) is 8.54. The molecule has 3 aromatic rings. The molecule has 124 valence electrons. The van der Waals surface area contributed by atoms with Crippen LogP contribution in [0.2, 0.25) is 0 Å². The molecule has 2 heterocycles. The minimum Gasteiger partial charge on any atom is -0.348 e. The van der Waals surface area contributed by atoms with E-state index in [1.165, 1.54) is 0 Å². The lowest BCUT2D eigenvalue weighted by molar-refractivity contribution is -0.122. The Kier molecular flexibility index (Phi) is 4.85. The maximum absolute atomic E-state index is 12.3. The maximum atomic E-state index is 12.3. The Morgan fingerprint density at radius 2 is 2.04 bits per heavy atom. The Labute approximate surface area is 149 Å². The zero-order valence-electron chi connectivity index (χ0n) is 13.6. The summed E-state index contributed by atoms with van der Waals surface area (Å²) in [4.78, 5) is 12.3. The van der Waals surface area contributed by atoms with Gasteiger partial charge in [0.25, 0.3) is 0 Å². The Hall–Kier alpha value is -2.34. The lowest BCUT2D eigenvalue weighted by atomic mass is 10.1. The van der Waals surface area contributed by atoms with Gasteiger partial charge in [-0.15, -0.1) is 0 Å². The van der Waals surface area contributed by atoms with E-state index in [-0.39, 0.29) is 18.5 Å². The molecule has 0 aliphatic rings. The molecule has 3 rings (SSSR count). The second-order valence-electron chi connectivity index (χ2n) is 5.71. The fraction of sp³-hybridized carbons (Fsp3) is 0.222. The van der Waals surface area contributed by atoms with Crippen molar-refractivity contribution in [1.82, 2.24) is 19.7 Å². The molecule has 5 nitrogen and oxygen atoms in total. The minimum atomic E-state index is -0.0766. The third-order valence-corrected chi connectivity index (χ3v) is 4.77. The third kappa shape index (κ3) is 3.59. The van der Waals surface area contributed by atoms with Crippen molar-refractivity contribution in [1.29, 1.82) is 0 Å². The Morgan fingerprint density at radius 1 is 1.29 bits per heavy atom. The van der Waals surface area contributed by atoms with Crippen molar-refractivity contribution in [3.8, 4) is 5.69 Å². The highest BCUT2D eigenvalue weighted by atomic mass is 79.9. The number of aromatic nitrogens is 3. The van der Waals surface area contributed by atoms with Gasteiger partial charge in [0.15, 0.2) is 0 Å². The summed E-state index contributed by atoms with van der Waals surface area (Å²) in [6, 6.07) is 12.1. The van der Waals surface area contributed by atoms with Gasteiger partial charge in [0.2, 0.25) is 5.91 Å². The van der Waals surface area contributed by atoms with Crippen LogP contribution >= 0.6 is 15.9 Å². The highest BCUT2D eigenvalue weighted by molar-refractivity contribution is 9.10. The number of hydrogen-bond acceptors (Lipinski definition) is 2. The molecule has 2 aromatic heterocycles. The molecule has 0 saturated carbocycles. The van der Waals surface area contributed by atoms with Gasteiger partial charge in [-0.1, -0.05) is 12.1 Å². The first-order valence-electron chi connectivity index (χ1n) is 7.75. The van der Waals surface area contributed by atoms with Crippen LogP contribution in [-0.2, 0) is 11.3 Å². The average Bonchev–Trinajstić information content (AvgIpc) is 3.21. The largest absolute Gasteiger partial charge is 0.348 e. The predicted octanol–water partition coefficient (Wildman–Crippen LogP) is 3.62. The Morgan fingerprint density at radius 3 is 2.71 bits per heavy atom. The number of benzene rings is 1. The van der Waals surface area contributed by atoms with Crippen molar-refractivity contribution < 1.29 is 4.79 Å². The molecule has 0 fully saturated rings. The first-order chi connectivity index (χ1) is 11.5. The highest BCUT2D eigenvalue weighted by Crippen LogP contribution is 2.18. The summed E-state index contributed by atoms with van der Waals surface area (Å²) < 4.78 is 4.63. The summed E-state index contributed by atoms with van der Waals surface area (Å²) in [6.07, 6.45) is 5.70. The molecule has 0 aliphatic heterocycles. The van der Waals surface area contributed by atoms with E-state index in [4.69, 9.17) is 0 Å². The number of hydrogen-bond donors (Lipinski definition) is 1. The van der Waals surface area contributed by atoms with Gasteiger partial charge in [-0.2, -0.15) is 5.10 Å². The zero-order valence-corrected chi connectivity index (χ0v) is 15.2. The van der Waals surface area contributed by atoms with E-state index in [0.717, 1.165) is 21.4 Å². The van der Waals surface area contributed by atoms with Crippen molar-refractivity contribution in [2.75, 3.05) is 0 Å². The number of halogens is 1. The molecule has 24 heavy (non-hydrogen) atoms. The fourth-order valence-corrected chi connectivity index (χ4v) is 2.85. The number of nitrogens with one attached hydrogen (secondary N) is 1. The van der Waals surface area contributed by atoms with E-state index >= 15 is 0 Å². The fourth-order valence-electron chi connectivity index (χ4n) is 2.55. The minimum absolute atomic E-state index is 0.0624. The molecule has 0 spiro atoms. The van der Waals surface area contributed by atoms with Crippen LogP contribution in [0.1, 0.15) is 24.2 Å². The van der Waals surface area contributed by atoms with Crippen molar-refractivity contribution in [3.05, 3.63) is 70.7 Å². The molecular formula is C18H19BrN4O. The van der Waals surface area contributed by atoms with Gasteiger partial charge in [-0.25, -0.2) is 0 Å². The van der Waals surface area contributed by atoms with Crippen LogP contribution in [-0.4, -0.2) is 20.3 Å². The van der Waals surface area contributed by atoms with Crippen LogP contribution in [0.5, 0.6) is 0 Å². The predicted molar refractivity (Wildman–Crippen MR) is 97.0 cm³/mol. The smallest absolute Gasteiger partial charge is 0.242 e. The lowest BCUT2D eigenvalue weighted by Gasteiger charge is -2.16. The Balaban J connectivity index is 1.68. The molecule has 6 heteroatoms. The molecule has 1 N–H and O–H groups in total. The standard InChI is InChI=1S/C18H19BrN4O/c1-13(21-18(24)12-23-14(2)17(19)11-20-23)15-6-5-7-16(10-15)22-8-3-4-9-22/h3-11,13H,12H2,1-2H3,(H,21,24). The van der Waals surface area contributed by atoms with E-state index in [1.54, 1.807) is 10.9 Å². The average molecular weight is 387 g/mol. The van der Waals surface area contributed by atoms with Crippen LogP contribution in [0.15, 0.2) is 59.5 Å². The monoisotopic (exact) mass is 386 g/mol. The maximum Gasteiger partial charge on any atom is 0.242 e. The summed E-state index contributed by atoms with van der Waals surface area (Å²) >= 11 is 3.40. The number of nitrogens with zero attached hydrogens (tertiary/aromatic N) is 3. The highest BCUT2D eigenvalue weighted by Gasteiger charge is 2.13. The van der Waals surface area contributed by atoms with Gasteiger partial charge >= 0.3 is 0 Å². The van der Waals surface area contributed by atoms with Crippen molar-refractivity contribution in [2.24, 2.45) is 0 Å². The Bertz CT molecular complexity index is 839. The summed E-state index contributed by atoms with van der Waals surface area (Å²) in [6.45, 7) is 4.12. The number of amides is 1. The van der Waals surface area contributed by atoms with Gasteiger partial charge in [-0.3, -0.25) is 9.48 Å². The first kappa shape index (κ1) is 16.5. The van der Waals surface area contributed by atoms with Gasteiger partial charge in [0, 0.05) is 18.1 Å². The van der Waals surface area contributed by atoms with E-state index in [0.29, 0.717) is 0 Å². The zero-order chi connectivity index (χ0) is 17.1. The van der Waals surface area contributed by atoms with E-state index in [9.17, 15) is 4.79 Å². The lowest BCUT2D eigenvalue weighted by Crippen LogP contribution is -2.30. The molecule has 1 amide bonds. The molecule has 1 atom stereocenters. The summed E-state index contributed by atoms with van der Waals surface area (Å²) in [7, 11) is 0. The second kappa shape index (κ2) is 7.05. The van der Waals surface area contributed by atoms with Crippen LogP contribution in [0.25, 0.3) is 5.69 Å². The van der Waals surface area contributed by atoms with E-state index in [1.807, 2.05) is 61.1 Å². The second-order valence-corrected chi connectivity index (χ2v) is 6.56. The van der Waals surface area contributed by atoms with Crippen molar-refractivity contribution in [2.45, 2.75) is 26.4 Å². The van der Waals surface area contributed by atoms with Gasteiger partial charge in [0.05, 0.1) is 22.4 Å². The number of carbonyl (C=O) groups is 1.